The Morgan fingerprint density at radius 2 is 1.68 bits per heavy atom. The molecular weight excluding hydrogens is 348 g/mol. The van der Waals surface area contributed by atoms with Gasteiger partial charge in [0, 0.05) is 23.1 Å². The van der Waals surface area contributed by atoms with Gasteiger partial charge in [-0.3, -0.25) is 4.99 Å². The van der Waals surface area contributed by atoms with Crippen molar-refractivity contribution in [2.75, 3.05) is 20.2 Å². The van der Waals surface area contributed by atoms with Crippen LogP contribution in [0.15, 0.2) is 82.2 Å². The van der Waals surface area contributed by atoms with Crippen molar-refractivity contribution in [1.82, 2.24) is 5.32 Å². The zero-order valence-corrected chi connectivity index (χ0v) is 15.6. The highest BCUT2D eigenvalue weighted by Gasteiger charge is 2.16. The molecule has 2 heterocycles. The molecule has 0 fully saturated rings. The van der Waals surface area contributed by atoms with Gasteiger partial charge in [-0.2, -0.15) is 0 Å². The monoisotopic (exact) mass is 368 g/mol. The summed E-state index contributed by atoms with van der Waals surface area (Å²) in [5, 5.41) is 4.44. The van der Waals surface area contributed by atoms with Gasteiger partial charge in [-0.25, -0.2) is 0 Å². The fourth-order valence-electron chi connectivity index (χ4n) is 3.62. The zero-order valence-electron chi connectivity index (χ0n) is 15.6. The third-order valence-electron chi connectivity index (χ3n) is 5.06. The molecule has 0 amide bonds. The molecule has 0 unspecified atom stereocenters. The van der Waals surface area contributed by atoms with Gasteiger partial charge in [-0.1, -0.05) is 42.5 Å². The summed E-state index contributed by atoms with van der Waals surface area (Å²) in [4.78, 5) is 4.57. The van der Waals surface area contributed by atoms with E-state index in [-0.39, 0.29) is 0 Å². The Bertz CT molecular complexity index is 1170. The van der Waals surface area contributed by atoms with Crippen molar-refractivity contribution in [3.8, 4) is 28.2 Å². The maximum absolute atomic E-state index is 6.18. The molecule has 4 aromatic rings. The standard InChI is InChI=1S/C24H20N2O2/c1-27-19-9-6-16(7-10-19)17-8-11-22-18(14-17)15-23(28-22)20-4-2-3-5-21(20)24-25-12-13-26-24/h2-11,14-15H,12-13H2,1H3,(H,25,26). The molecule has 0 aliphatic carbocycles. The second kappa shape index (κ2) is 6.89. The smallest absolute Gasteiger partial charge is 0.136 e. The van der Waals surface area contributed by atoms with E-state index in [1.807, 2.05) is 30.3 Å². The van der Waals surface area contributed by atoms with E-state index in [4.69, 9.17) is 9.15 Å². The van der Waals surface area contributed by atoms with Crippen LogP contribution < -0.4 is 10.1 Å². The fraction of sp³-hybridized carbons (Fsp3) is 0.125. The van der Waals surface area contributed by atoms with Crippen LogP contribution >= 0.6 is 0 Å². The summed E-state index contributed by atoms with van der Waals surface area (Å²) >= 11 is 0. The minimum Gasteiger partial charge on any atom is -0.497 e. The second-order valence-corrected chi connectivity index (χ2v) is 6.79. The molecule has 0 saturated carbocycles. The molecule has 0 saturated heterocycles. The molecular formula is C24H20N2O2. The topological polar surface area (TPSA) is 46.8 Å². The van der Waals surface area contributed by atoms with Crippen LogP contribution in [0.4, 0.5) is 0 Å². The number of furan rings is 1. The van der Waals surface area contributed by atoms with Gasteiger partial charge < -0.3 is 14.5 Å². The second-order valence-electron chi connectivity index (χ2n) is 6.79. The average molecular weight is 368 g/mol. The van der Waals surface area contributed by atoms with Crippen molar-refractivity contribution in [3.63, 3.8) is 0 Å². The van der Waals surface area contributed by atoms with Crippen LogP contribution in [0.3, 0.4) is 0 Å². The summed E-state index contributed by atoms with van der Waals surface area (Å²) in [5.74, 6) is 2.65. The number of ether oxygens (including phenoxy) is 1. The average Bonchev–Trinajstić information content (AvgIpc) is 3.43. The quantitative estimate of drug-likeness (QED) is 0.543. The van der Waals surface area contributed by atoms with E-state index < -0.39 is 0 Å². The molecule has 0 bridgehead atoms. The first kappa shape index (κ1) is 16.6. The first-order valence-corrected chi connectivity index (χ1v) is 9.38. The van der Waals surface area contributed by atoms with Gasteiger partial charge >= 0.3 is 0 Å². The Morgan fingerprint density at radius 3 is 2.43 bits per heavy atom. The Morgan fingerprint density at radius 1 is 0.893 bits per heavy atom. The van der Waals surface area contributed by atoms with Gasteiger partial charge in [0.15, 0.2) is 0 Å². The number of aliphatic imine (C=N–C) groups is 1. The van der Waals surface area contributed by atoms with Crippen molar-refractivity contribution in [2.45, 2.75) is 0 Å². The van der Waals surface area contributed by atoms with Crippen LogP contribution in [0.2, 0.25) is 0 Å². The summed E-state index contributed by atoms with van der Waals surface area (Å²) < 4.78 is 11.4. The van der Waals surface area contributed by atoms with Gasteiger partial charge in [-0.05, 0) is 41.5 Å². The third-order valence-corrected chi connectivity index (χ3v) is 5.06. The molecule has 3 aromatic carbocycles. The van der Waals surface area contributed by atoms with Crippen molar-refractivity contribution >= 4 is 16.8 Å². The SMILES string of the molecule is COc1ccc(-c2ccc3oc(-c4ccccc4C4=NCCN4)cc3c2)cc1. The normalized spacial score (nSPS) is 13.4. The van der Waals surface area contributed by atoms with Gasteiger partial charge in [0.05, 0.1) is 13.7 Å². The van der Waals surface area contributed by atoms with E-state index in [9.17, 15) is 0 Å². The predicted molar refractivity (Wildman–Crippen MR) is 113 cm³/mol. The van der Waals surface area contributed by atoms with Crippen LogP contribution in [-0.2, 0) is 0 Å². The van der Waals surface area contributed by atoms with E-state index >= 15 is 0 Å². The number of rotatable bonds is 4. The van der Waals surface area contributed by atoms with Crippen LogP contribution in [0.25, 0.3) is 33.4 Å². The van der Waals surface area contributed by atoms with Crippen LogP contribution in [0.5, 0.6) is 5.75 Å². The molecule has 4 nitrogen and oxygen atoms in total. The molecule has 28 heavy (non-hydrogen) atoms. The first-order valence-electron chi connectivity index (χ1n) is 9.38. The van der Waals surface area contributed by atoms with Crippen molar-refractivity contribution < 1.29 is 9.15 Å². The zero-order chi connectivity index (χ0) is 18.9. The highest BCUT2D eigenvalue weighted by molar-refractivity contribution is 6.05. The van der Waals surface area contributed by atoms with E-state index in [1.54, 1.807) is 7.11 Å². The molecule has 138 valence electrons. The summed E-state index contributed by atoms with van der Waals surface area (Å²) in [7, 11) is 1.68. The highest BCUT2D eigenvalue weighted by Crippen LogP contribution is 2.33. The lowest BCUT2D eigenvalue weighted by atomic mass is 10.0. The fourth-order valence-corrected chi connectivity index (χ4v) is 3.62. The van der Waals surface area contributed by atoms with Gasteiger partial charge in [0.2, 0.25) is 0 Å². The highest BCUT2D eigenvalue weighted by atomic mass is 16.5. The van der Waals surface area contributed by atoms with Gasteiger partial charge in [-0.15, -0.1) is 0 Å². The lowest BCUT2D eigenvalue weighted by Crippen LogP contribution is -2.20. The number of amidine groups is 1. The molecule has 0 atom stereocenters. The molecule has 1 aliphatic rings. The number of methoxy groups -OCH3 is 1. The minimum atomic E-state index is 0.815. The van der Waals surface area contributed by atoms with E-state index in [2.05, 4.69) is 52.8 Å². The molecule has 1 N–H and O–H groups in total. The molecule has 1 aliphatic heterocycles. The molecule has 0 spiro atoms. The largest absolute Gasteiger partial charge is 0.497 e. The maximum atomic E-state index is 6.18. The lowest BCUT2D eigenvalue weighted by Gasteiger charge is -2.07. The van der Waals surface area contributed by atoms with E-state index in [0.717, 1.165) is 63.7 Å². The lowest BCUT2D eigenvalue weighted by molar-refractivity contribution is 0.415. The number of fused-ring (bicyclic) bond motifs is 1. The number of hydrogen-bond donors (Lipinski definition) is 1. The predicted octanol–water partition coefficient (Wildman–Crippen LogP) is 5.13. The molecule has 4 heteroatoms. The number of benzene rings is 3. The van der Waals surface area contributed by atoms with E-state index in [1.165, 1.54) is 0 Å². The summed E-state index contributed by atoms with van der Waals surface area (Å²) in [6, 6.07) is 24.7. The summed E-state index contributed by atoms with van der Waals surface area (Å²) in [6.07, 6.45) is 0. The summed E-state index contributed by atoms with van der Waals surface area (Å²) in [5.41, 5.74) is 5.31. The molecule has 0 radical (unpaired) electrons. The maximum Gasteiger partial charge on any atom is 0.136 e. The van der Waals surface area contributed by atoms with E-state index in [0.29, 0.717) is 0 Å². The van der Waals surface area contributed by atoms with Crippen molar-refractivity contribution in [1.29, 1.82) is 0 Å². The van der Waals surface area contributed by atoms with Crippen molar-refractivity contribution in [2.24, 2.45) is 4.99 Å². The third kappa shape index (κ3) is 2.93. The first-order chi connectivity index (χ1) is 13.8. The van der Waals surface area contributed by atoms with Crippen LogP contribution in [-0.4, -0.2) is 26.0 Å². The Labute approximate surface area is 163 Å². The number of nitrogens with one attached hydrogen (secondary N) is 1. The Kier molecular flexibility index (Phi) is 4.09. The number of hydrogen-bond acceptors (Lipinski definition) is 4. The Hall–Kier alpha value is -3.53. The van der Waals surface area contributed by atoms with Crippen LogP contribution in [0, 0.1) is 0 Å². The van der Waals surface area contributed by atoms with Crippen molar-refractivity contribution in [3.05, 3.63) is 78.4 Å². The summed E-state index contributed by atoms with van der Waals surface area (Å²) in [6.45, 7) is 1.70. The molecule has 1 aromatic heterocycles. The van der Waals surface area contributed by atoms with Gasteiger partial charge in [0.1, 0.15) is 22.9 Å². The minimum absolute atomic E-state index is 0.815. The van der Waals surface area contributed by atoms with Gasteiger partial charge in [0.25, 0.3) is 0 Å². The molecule has 5 rings (SSSR count). The Balaban J connectivity index is 1.56. The number of nitrogens with zero attached hydrogens (tertiary/aromatic N) is 1. The van der Waals surface area contributed by atoms with Crippen LogP contribution in [0.1, 0.15) is 5.56 Å².